The molecule has 30 heavy (non-hydrogen) atoms. The van der Waals surface area contributed by atoms with Crippen LogP contribution in [-0.4, -0.2) is 36.2 Å². The summed E-state index contributed by atoms with van der Waals surface area (Å²) < 4.78 is 35.5. The molecule has 2 heterocycles. The van der Waals surface area contributed by atoms with E-state index >= 15 is 0 Å². The van der Waals surface area contributed by atoms with Crippen LogP contribution in [0.3, 0.4) is 0 Å². The van der Waals surface area contributed by atoms with E-state index in [1.165, 1.54) is 11.1 Å². The van der Waals surface area contributed by atoms with E-state index in [9.17, 15) is 8.42 Å². The highest BCUT2D eigenvalue weighted by molar-refractivity contribution is 7.89. The van der Waals surface area contributed by atoms with E-state index in [1.54, 1.807) is 17.5 Å². The molecule has 0 fully saturated rings. The Morgan fingerprint density at radius 1 is 0.933 bits per heavy atom. The number of hydrogen-bond acceptors (Lipinski definition) is 4. The van der Waals surface area contributed by atoms with Crippen molar-refractivity contribution in [3.8, 4) is 17.0 Å². The fraction of sp³-hybridized carbons (Fsp3) is 0.348. The zero-order chi connectivity index (χ0) is 20.7. The number of ether oxygens (including phenoxy) is 1. The Hall–Kier alpha value is -2.64. The van der Waals surface area contributed by atoms with Crippen molar-refractivity contribution < 1.29 is 13.2 Å². The van der Waals surface area contributed by atoms with Crippen molar-refractivity contribution in [2.24, 2.45) is 0 Å². The summed E-state index contributed by atoms with van der Waals surface area (Å²) >= 11 is 0. The predicted octanol–water partition coefficient (Wildman–Crippen LogP) is 3.64. The SMILES string of the molecule is COc1ccc(-c2cc3n(n2)CCCN(S(=O)(=O)c2ccc4c(c2)CCC4)C3)cc1. The van der Waals surface area contributed by atoms with E-state index in [2.05, 4.69) is 0 Å². The summed E-state index contributed by atoms with van der Waals surface area (Å²) in [6.45, 7) is 1.55. The average molecular weight is 424 g/mol. The second-order valence-electron chi connectivity index (χ2n) is 7.95. The maximum Gasteiger partial charge on any atom is 0.243 e. The number of aromatic nitrogens is 2. The first-order chi connectivity index (χ1) is 14.5. The van der Waals surface area contributed by atoms with Gasteiger partial charge in [0.1, 0.15) is 5.75 Å². The normalized spacial score (nSPS) is 16.7. The highest BCUT2D eigenvalue weighted by Crippen LogP contribution is 2.29. The van der Waals surface area contributed by atoms with Crippen LogP contribution in [0.5, 0.6) is 5.75 Å². The molecule has 2 aromatic carbocycles. The summed E-state index contributed by atoms with van der Waals surface area (Å²) in [6.07, 6.45) is 3.86. The number of aryl methyl sites for hydroxylation is 3. The average Bonchev–Trinajstić information content (AvgIpc) is 3.35. The molecule has 1 aromatic heterocycles. The summed E-state index contributed by atoms with van der Waals surface area (Å²) in [5.74, 6) is 0.797. The maximum atomic E-state index is 13.4. The van der Waals surface area contributed by atoms with Crippen molar-refractivity contribution >= 4 is 10.0 Å². The summed E-state index contributed by atoms with van der Waals surface area (Å²) in [4.78, 5) is 0.409. The Balaban J connectivity index is 1.43. The smallest absolute Gasteiger partial charge is 0.243 e. The molecule has 7 heteroatoms. The molecule has 2 aliphatic rings. The standard InChI is InChI=1S/C23H25N3O3S/c1-29-21-9-6-18(7-10-21)23-15-20-16-25(12-3-13-26(20)24-23)30(27,28)22-11-8-17-4-2-5-19(17)14-22/h6-11,14-15H,2-5,12-13,16H2,1H3. The van der Waals surface area contributed by atoms with Crippen molar-refractivity contribution in [1.82, 2.24) is 14.1 Å². The van der Waals surface area contributed by atoms with Crippen LogP contribution in [0.4, 0.5) is 0 Å². The molecule has 0 amide bonds. The van der Waals surface area contributed by atoms with Gasteiger partial charge >= 0.3 is 0 Å². The van der Waals surface area contributed by atoms with Crippen molar-refractivity contribution in [1.29, 1.82) is 0 Å². The van der Waals surface area contributed by atoms with Crippen molar-refractivity contribution in [3.05, 3.63) is 65.4 Å². The van der Waals surface area contributed by atoms with Gasteiger partial charge < -0.3 is 4.74 Å². The first-order valence-corrected chi connectivity index (χ1v) is 11.8. The first-order valence-electron chi connectivity index (χ1n) is 10.4. The lowest BCUT2D eigenvalue weighted by molar-refractivity contribution is 0.410. The molecule has 3 aromatic rings. The summed E-state index contributed by atoms with van der Waals surface area (Å²) in [5.41, 5.74) is 5.22. The van der Waals surface area contributed by atoms with E-state index in [4.69, 9.17) is 9.84 Å². The van der Waals surface area contributed by atoms with Gasteiger partial charge in [-0.15, -0.1) is 0 Å². The van der Waals surface area contributed by atoms with Crippen LogP contribution in [-0.2, 0) is 36.0 Å². The second-order valence-corrected chi connectivity index (χ2v) is 9.89. The third kappa shape index (κ3) is 3.42. The molecule has 0 spiro atoms. The molecule has 0 atom stereocenters. The maximum absolute atomic E-state index is 13.4. The number of sulfonamides is 1. The molecule has 0 bridgehead atoms. The zero-order valence-electron chi connectivity index (χ0n) is 17.0. The van der Waals surface area contributed by atoms with Crippen molar-refractivity contribution in [2.45, 2.75) is 43.7 Å². The van der Waals surface area contributed by atoms with Gasteiger partial charge in [0.2, 0.25) is 10.0 Å². The van der Waals surface area contributed by atoms with Crippen LogP contribution in [0.15, 0.2) is 53.4 Å². The lowest BCUT2D eigenvalue weighted by atomic mass is 10.1. The van der Waals surface area contributed by atoms with Gasteiger partial charge in [0.15, 0.2) is 0 Å². The van der Waals surface area contributed by atoms with Gasteiger partial charge in [0.05, 0.1) is 29.9 Å². The Morgan fingerprint density at radius 2 is 1.73 bits per heavy atom. The molecular weight excluding hydrogens is 398 g/mol. The highest BCUT2D eigenvalue weighted by Gasteiger charge is 2.29. The number of nitrogens with zero attached hydrogens (tertiary/aromatic N) is 3. The topological polar surface area (TPSA) is 64.4 Å². The molecule has 1 aliphatic heterocycles. The van der Waals surface area contributed by atoms with Gasteiger partial charge in [-0.25, -0.2) is 8.42 Å². The first kappa shape index (κ1) is 19.3. The number of methoxy groups -OCH3 is 1. The van der Waals surface area contributed by atoms with Gasteiger partial charge in [0, 0.05) is 18.7 Å². The van der Waals surface area contributed by atoms with Crippen molar-refractivity contribution in [2.75, 3.05) is 13.7 Å². The fourth-order valence-corrected chi connectivity index (χ4v) is 5.90. The molecule has 6 nitrogen and oxygen atoms in total. The van der Waals surface area contributed by atoms with Crippen LogP contribution >= 0.6 is 0 Å². The quantitative estimate of drug-likeness (QED) is 0.643. The number of hydrogen-bond donors (Lipinski definition) is 0. The number of benzene rings is 2. The Labute approximate surface area is 177 Å². The highest BCUT2D eigenvalue weighted by atomic mass is 32.2. The van der Waals surface area contributed by atoms with Gasteiger partial charge in [-0.3, -0.25) is 4.68 Å². The molecular formula is C23H25N3O3S. The minimum atomic E-state index is -3.54. The van der Waals surface area contributed by atoms with Gasteiger partial charge in [-0.05, 0) is 79.3 Å². The summed E-state index contributed by atoms with van der Waals surface area (Å²) in [5, 5.41) is 4.73. The van der Waals surface area contributed by atoms with Crippen molar-refractivity contribution in [3.63, 3.8) is 0 Å². The monoisotopic (exact) mass is 423 g/mol. The van der Waals surface area contributed by atoms with E-state index in [0.717, 1.165) is 48.4 Å². The molecule has 0 saturated carbocycles. The molecule has 0 N–H and O–H groups in total. The van der Waals surface area contributed by atoms with Crippen LogP contribution < -0.4 is 4.74 Å². The van der Waals surface area contributed by atoms with E-state index in [-0.39, 0.29) is 0 Å². The van der Waals surface area contributed by atoms with Gasteiger partial charge in [0.25, 0.3) is 0 Å². The van der Waals surface area contributed by atoms with E-state index in [0.29, 0.717) is 24.5 Å². The predicted molar refractivity (Wildman–Crippen MR) is 115 cm³/mol. The fourth-order valence-electron chi connectivity index (χ4n) is 4.40. The zero-order valence-corrected chi connectivity index (χ0v) is 17.9. The Kier molecular flexibility index (Phi) is 4.87. The Morgan fingerprint density at radius 3 is 2.53 bits per heavy atom. The molecule has 0 unspecified atom stereocenters. The second kappa shape index (κ2) is 7.56. The van der Waals surface area contributed by atoms with Crippen LogP contribution in [0, 0.1) is 0 Å². The van der Waals surface area contributed by atoms with Crippen LogP contribution in [0.1, 0.15) is 29.7 Å². The Bertz CT molecular complexity index is 1180. The summed E-state index contributed by atoms with van der Waals surface area (Å²) in [7, 11) is -1.90. The van der Waals surface area contributed by atoms with Crippen LogP contribution in [0.2, 0.25) is 0 Å². The third-order valence-electron chi connectivity index (χ3n) is 6.07. The largest absolute Gasteiger partial charge is 0.497 e. The number of rotatable bonds is 4. The van der Waals surface area contributed by atoms with E-state index in [1.807, 2.05) is 47.1 Å². The molecule has 1 aliphatic carbocycles. The summed E-state index contributed by atoms with van der Waals surface area (Å²) in [6, 6.07) is 15.4. The lowest BCUT2D eigenvalue weighted by Gasteiger charge is -2.20. The van der Waals surface area contributed by atoms with Gasteiger partial charge in [-0.1, -0.05) is 6.07 Å². The minimum Gasteiger partial charge on any atom is -0.497 e. The van der Waals surface area contributed by atoms with Gasteiger partial charge in [-0.2, -0.15) is 9.40 Å². The number of fused-ring (bicyclic) bond motifs is 2. The lowest BCUT2D eigenvalue weighted by Crippen LogP contribution is -2.31. The molecule has 156 valence electrons. The molecule has 5 rings (SSSR count). The molecule has 0 radical (unpaired) electrons. The van der Waals surface area contributed by atoms with Crippen LogP contribution in [0.25, 0.3) is 11.3 Å². The van der Waals surface area contributed by atoms with E-state index < -0.39 is 10.0 Å². The minimum absolute atomic E-state index is 0.336. The third-order valence-corrected chi connectivity index (χ3v) is 7.91. The molecule has 0 saturated heterocycles.